The van der Waals surface area contributed by atoms with Crippen LogP contribution < -0.4 is 16.0 Å². The van der Waals surface area contributed by atoms with Crippen molar-refractivity contribution in [2.24, 2.45) is 5.92 Å². The molecule has 1 aliphatic heterocycles. The molecule has 4 amide bonds. The van der Waals surface area contributed by atoms with Crippen LogP contribution in [0, 0.1) is 5.92 Å². The maximum Gasteiger partial charge on any atom is 0.408 e. The topological polar surface area (TPSA) is 134 Å². The zero-order valence-corrected chi connectivity index (χ0v) is 26.3. The van der Waals surface area contributed by atoms with Gasteiger partial charge in [-0.1, -0.05) is 32.4 Å². The number of alkyl carbamates (subject to hydrolysis) is 1. The molecule has 2 aliphatic rings. The maximum atomic E-state index is 13.9. The zero-order valence-electron chi connectivity index (χ0n) is 26.3. The van der Waals surface area contributed by atoms with E-state index in [-0.39, 0.29) is 32.4 Å². The summed E-state index contributed by atoms with van der Waals surface area (Å²) in [5.41, 5.74) is -0.849. The predicted molar refractivity (Wildman–Crippen MR) is 160 cm³/mol. The van der Waals surface area contributed by atoms with Crippen molar-refractivity contribution in [3.05, 3.63) is 25.3 Å². The molecule has 12 heteroatoms. The van der Waals surface area contributed by atoms with Gasteiger partial charge in [0.15, 0.2) is 0 Å². The van der Waals surface area contributed by atoms with Gasteiger partial charge in [0, 0.05) is 25.9 Å². The van der Waals surface area contributed by atoms with Crippen molar-refractivity contribution in [3.63, 3.8) is 0 Å². The highest BCUT2D eigenvalue weighted by molar-refractivity contribution is 6.38. The molecular weight excluding hydrogens is 562 g/mol. The van der Waals surface area contributed by atoms with Gasteiger partial charge < -0.3 is 25.6 Å². The van der Waals surface area contributed by atoms with E-state index in [1.165, 1.54) is 17.4 Å². The minimum Gasteiger partial charge on any atom is -0.444 e. The van der Waals surface area contributed by atoms with Gasteiger partial charge in [0.2, 0.25) is 23.5 Å². The number of nitrogens with zero attached hydrogens (tertiary/aromatic N) is 1. The number of rotatable bonds is 12. The Morgan fingerprint density at radius 2 is 1.63 bits per heavy atom. The van der Waals surface area contributed by atoms with E-state index >= 15 is 0 Å². The van der Waals surface area contributed by atoms with Crippen LogP contribution in [0.2, 0.25) is 0 Å². The molecule has 0 aromatic heterocycles. The Bertz CT molecular complexity index is 987. The number of ketones is 1. The molecule has 1 heterocycles. The Morgan fingerprint density at radius 1 is 1.02 bits per heavy atom. The molecule has 1 aliphatic carbocycles. The van der Waals surface area contributed by atoms with Gasteiger partial charge >= 0.3 is 6.09 Å². The average Bonchev–Trinajstić information content (AvgIpc) is 3.42. The third-order valence-electron chi connectivity index (χ3n) is 6.93. The zero-order chi connectivity index (χ0) is 32.8. The number of amides is 4. The lowest BCUT2D eigenvalue weighted by Gasteiger charge is -2.36. The first-order valence-corrected chi connectivity index (χ1v) is 15.1. The summed E-state index contributed by atoms with van der Waals surface area (Å²) in [5.74, 6) is -6.30. The number of nitrogens with one attached hydrogen (secondary N) is 3. The van der Waals surface area contributed by atoms with Crippen LogP contribution in [-0.4, -0.2) is 77.2 Å². The summed E-state index contributed by atoms with van der Waals surface area (Å²) in [6.07, 6.45) is 3.83. The van der Waals surface area contributed by atoms with Crippen LogP contribution >= 0.6 is 0 Å². The SMILES string of the molecule is C=CCCC(NC(=O)[C@@H]1CCCN1C(=O)[C@@H](NC(=O)OC(C)(C)C)C1CCC(F)(F)CC1)C(=O)C(=O)NCC=C.CCC. The lowest BCUT2D eigenvalue weighted by molar-refractivity contribution is -0.144. The number of halogens is 2. The summed E-state index contributed by atoms with van der Waals surface area (Å²) in [7, 11) is 0. The molecule has 2 fully saturated rings. The quantitative estimate of drug-likeness (QED) is 0.221. The highest BCUT2D eigenvalue weighted by Crippen LogP contribution is 2.38. The molecule has 244 valence electrons. The molecule has 0 radical (unpaired) electrons. The fourth-order valence-corrected chi connectivity index (χ4v) is 4.92. The number of alkyl halides is 2. The Morgan fingerprint density at radius 3 is 2.16 bits per heavy atom. The Kier molecular flexibility index (Phi) is 15.5. The van der Waals surface area contributed by atoms with Gasteiger partial charge in [0.25, 0.3) is 5.91 Å². The number of Topliss-reactive ketones (excluding diaryl/α,β-unsaturated/α-hetero) is 1. The number of likely N-dealkylation sites (tertiary alicyclic amines) is 1. The molecule has 0 bridgehead atoms. The number of hydrogen-bond acceptors (Lipinski definition) is 6. The van der Waals surface area contributed by atoms with Crippen LogP contribution in [0.25, 0.3) is 0 Å². The fraction of sp³-hybridized carbons (Fsp3) is 0.710. The van der Waals surface area contributed by atoms with Crippen molar-refractivity contribution in [3.8, 4) is 0 Å². The van der Waals surface area contributed by atoms with Gasteiger partial charge in [-0.25, -0.2) is 13.6 Å². The van der Waals surface area contributed by atoms with Crippen molar-refractivity contribution in [1.29, 1.82) is 0 Å². The standard InChI is InChI=1S/C28H42F2N4O6.C3H8/c1-6-8-10-19(22(35)24(37)31-16-7-2)32-23(36)20-11-9-17-34(20)25(38)21(33-26(39)40-27(3,4)5)18-12-14-28(29,30)15-13-18;1-3-2/h6-7,18-21H,1-2,8-17H2,3-5H3,(H,31,37)(H,32,36)(H,33,39);3H2,1-2H3/t19?,20-,21-;/m0./s1. The maximum absolute atomic E-state index is 13.9. The highest BCUT2D eigenvalue weighted by atomic mass is 19.3. The number of carbonyl (C=O) groups is 5. The van der Waals surface area contributed by atoms with Gasteiger partial charge in [0.05, 0.1) is 6.04 Å². The van der Waals surface area contributed by atoms with Gasteiger partial charge in [-0.05, 0) is 65.2 Å². The Labute approximate surface area is 254 Å². The predicted octanol–water partition coefficient (Wildman–Crippen LogP) is 4.43. The summed E-state index contributed by atoms with van der Waals surface area (Å²) in [4.78, 5) is 66.0. The lowest BCUT2D eigenvalue weighted by Crippen LogP contribution is -2.58. The van der Waals surface area contributed by atoms with Crippen LogP contribution in [0.3, 0.4) is 0 Å². The normalized spacial score (nSPS) is 19.5. The van der Waals surface area contributed by atoms with E-state index in [1.807, 2.05) is 0 Å². The number of carbonyl (C=O) groups excluding carboxylic acids is 5. The first-order chi connectivity index (χ1) is 20.1. The summed E-state index contributed by atoms with van der Waals surface area (Å²) in [5, 5.41) is 7.58. The molecule has 43 heavy (non-hydrogen) atoms. The minimum absolute atomic E-state index is 0.0157. The molecule has 1 unspecified atom stereocenters. The van der Waals surface area contributed by atoms with E-state index < -0.39 is 78.0 Å². The van der Waals surface area contributed by atoms with Crippen LogP contribution in [-0.2, 0) is 23.9 Å². The monoisotopic (exact) mass is 612 g/mol. The van der Waals surface area contributed by atoms with Crippen molar-refractivity contribution in [1.82, 2.24) is 20.9 Å². The van der Waals surface area contributed by atoms with Crippen molar-refractivity contribution < 1.29 is 37.5 Å². The molecule has 3 atom stereocenters. The smallest absolute Gasteiger partial charge is 0.408 e. The highest BCUT2D eigenvalue weighted by Gasteiger charge is 2.45. The molecule has 2 rings (SSSR count). The molecule has 0 aromatic rings. The summed E-state index contributed by atoms with van der Waals surface area (Å²) >= 11 is 0. The lowest BCUT2D eigenvalue weighted by atomic mass is 9.81. The molecule has 1 saturated heterocycles. The molecule has 1 saturated carbocycles. The van der Waals surface area contributed by atoms with Crippen LogP contribution in [0.1, 0.15) is 92.4 Å². The Hall–Kier alpha value is -3.31. The fourth-order valence-electron chi connectivity index (χ4n) is 4.92. The van der Waals surface area contributed by atoms with Crippen molar-refractivity contribution in [2.45, 2.75) is 122 Å². The third-order valence-corrected chi connectivity index (χ3v) is 6.93. The van der Waals surface area contributed by atoms with E-state index in [2.05, 4.69) is 43.0 Å². The molecular formula is C31H50F2N4O6. The first kappa shape index (κ1) is 37.7. The third kappa shape index (κ3) is 12.8. The largest absolute Gasteiger partial charge is 0.444 e. The van der Waals surface area contributed by atoms with Crippen LogP contribution in [0.4, 0.5) is 13.6 Å². The van der Waals surface area contributed by atoms with Crippen molar-refractivity contribution in [2.75, 3.05) is 13.1 Å². The number of hydrogen-bond donors (Lipinski definition) is 3. The van der Waals surface area contributed by atoms with E-state index in [0.29, 0.717) is 19.3 Å². The summed E-state index contributed by atoms with van der Waals surface area (Å²) < 4.78 is 33.1. The Balaban J connectivity index is 0.00000295. The summed E-state index contributed by atoms with van der Waals surface area (Å²) in [6.45, 7) is 16.6. The summed E-state index contributed by atoms with van der Waals surface area (Å²) in [6, 6.07) is -3.26. The second kappa shape index (κ2) is 17.7. The second-order valence-electron chi connectivity index (χ2n) is 12.0. The van der Waals surface area contributed by atoms with Gasteiger partial charge in [-0.3, -0.25) is 19.2 Å². The minimum atomic E-state index is -2.84. The average molecular weight is 613 g/mol. The van der Waals surface area contributed by atoms with Gasteiger partial charge in [-0.2, -0.15) is 0 Å². The van der Waals surface area contributed by atoms with Crippen LogP contribution in [0.5, 0.6) is 0 Å². The number of ether oxygens (including phenoxy) is 1. The molecule has 0 spiro atoms. The first-order valence-electron chi connectivity index (χ1n) is 15.1. The van der Waals surface area contributed by atoms with Gasteiger partial charge in [-0.15, -0.1) is 13.2 Å². The van der Waals surface area contributed by atoms with E-state index in [0.717, 1.165) is 0 Å². The van der Waals surface area contributed by atoms with E-state index in [4.69, 9.17) is 4.74 Å². The van der Waals surface area contributed by atoms with Crippen molar-refractivity contribution >= 4 is 29.6 Å². The van der Waals surface area contributed by atoms with Gasteiger partial charge in [0.1, 0.15) is 17.7 Å². The van der Waals surface area contributed by atoms with E-state index in [1.54, 1.807) is 26.8 Å². The van der Waals surface area contributed by atoms with E-state index in [9.17, 15) is 32.8 Å². The molecule has 0 aromatic carbocycles. The number of allylic oxidation sites excluding steroid dienone is 1. The molecule has 10 nitrogen and oxygen atoms in total. The second-order valence-corrected chi connectivity index (χ2v) is 12.0. The molecule has 3 N–H and O–H groups in total. The van der Waals surface area contributed by atoms with Crippen LogP contribution in [0.15, 0.2) is 25.3 Å².